The van der Waals surface area contributed by atoms with E-state index >= 15 is 0 Å². The molecule has 0 bridgehead atoms. The van der Waals surface area contributed by atoms with Crippen LogP contribution in [0.1, 0.15) is 24.0 Å². The normalized spacial score (nSPS) is 17.8. The van der Waals surface area contributed by atoms with Crippen molar-refractivity contribution in [2.45, 2.75) is 24.8 Å². The maximum absolute atomic E-state index is 13.6. The Morgan fingerprint density at radius 1 is 1.10 bits per heavy atom. The molecule has 2 aliphatic rings. The van der Waals surface area contributed by atoms with Gasteiger partial charge in [-0.25, -0.2) is 4.39 Å². The van der Waals surface area contributed by atoms with Gasteiger partial charge in [0.25, 0.3) is 0 Å². The smallest absolute Gasteiger partial charge is 0.191 e. The molecule has 0 unspecified atom stereocenters. The van der Waals surface area contributed by atoms with Crippen LogP contribution in [0.25, 0.3) is 0 Å². The van der Waals surface area contributed by atoms with Crippen LogP contribution in [0, 0.1) is 5.82 Å². The number of halogens is 2. The summed E-state index contributed by atoms with van der Waals surface area (Å²) in [5.41, 5.74) is 3.65. The summed E-state index contributed by atoms with van der Waals surface area (Å²) in [6.07, 6.45) is 2.16. The highest BCUT2D eigenvalue weighted by atomic mass is 127. The van der Waals surface area contributed by atoms with E-state index in [2.05, 4.69) is 44.8 Å². The first-order valence-corrected chi connectivity index (χ1v) is 11.5. The zero-order valence-corrected chi connectivity index (χ0v) is 20.5. The van der Waals surface area contributed by atoms with E-state index in [0.717, 1.165) is 50.5 Å². The molecular weight excluding hydrogens is 510 g/mol. The Bertz CT molecular complexity index is 849. The van der Waals surface area contributed by atoms with Gasteiger partial charge in [-0.2, -0.15) is 11.8 Å². The molecule has 1 saturated heterocycles. The van der Waals surface area contributed by atoms with Gasteiger partial charge in [0.2, 0.25) is 0 Å². The van der Waals surface area contributed by atoms with E-state index in [0.29, 0.717) is 0 Å². The highest BCUT2D eigenvalue weighted by Crippen LogP contribution is 2.47. The quantitative estimate of drug-likeness (QED) is 0.324. The van der Waals surface area contributed by atoms with Gasteiger partial charge in [0.05, 0.1) is 0 Å². The number of rotatable bonds is 6. The van der Waals surface area contributed by atoms with Gasteiger partial charge in [-0.15, -0.1) is 24.0 Å². The average molecular weight is 540 g/mol. The third-order valence-electron chi connectivity index (χ3n) is 5.88. The van der Waals surface area contributed by atoms with Crippen LogP contribution in [0.15, 0.2) is 53.5 Å². The molecule has 4 rings (SSSR count). The Morgan fingerprint density at radius 2 is 1.83 bits per heavy atom. The first kappa shape index (κ1) is 23.2. The maximum atomic E-state index is 13.6. The number of nitrogens with zero attached hydrogens (tertiary/aromatic N) is 2. The van der Waals surface area contributed by atoms with E-state index in [1.165, 1.54) is 28.8 Å². The van der Waals surface area contributed by atoms with Crippen molar-refractivity contribution < 1.29 is 4.39 Å². The number of guanidine groups is 1. The molecular formula is C23H30FIN4S. The molecule has 0 amide bonds. The SMILES string of the molecule is CN=C(NCc1ccc(N2CCSCC2)cc1)NCC1(c2cccc(F)c2)CC1.I. The second-order valence-electron chi connectivity index (χ2n) is 7.84. The number of hydrogen-bond donors (Lipinski definition) is 2. The summed E-state index contributed by atoms with van der Waals surface area (Å²) < 4.78 is 13.6. The first-order valence-electron chi connectivity index (χ1n) is 10.3. The molecule has 2 N–H and O–H groups in total. The van der Waals surface area contributed by atoms with E-state index in [4.69, 9.17) is 0 Å². The minimum Gasteiger partial charge on any atom is -0.370 e. The van der Waals surface area contributed by atoms with E-state index in [1.807, 2.05) is 17.8 Å². The van der Waals surface area contributed by atoms with Gasteiger partial charge in [0, 0.05) is 55.8 Å². The minimum absolute atomic E-state index is 0. The Hall–Kier alpha value is -1.48. The van der Waals surface area contributed by atoms with E-state index in [9.17, 15) is 4.39 Å². The standard InChI is InChI=1S/C23H29FN4S.HI/c1-25-22(27-17-23(9-10-23)19-3-2-4-20(24)15-19)26-16-18-5-7-21(8-6-18)28-11-13-29-14-12-28;/h2-8,15H,9-14,16-17H2,1H3,(H2,25,26,27);1H. The van der Waals surface area contributed by atoms with Crippen LogP contribution in [0.2, 0.25) is 0 Å². The number of anilines is 1. The molecule has 0 atom stereocenters. The van der Waals surface area contributed by atoms with Crippen molar-refractivity contribution in [1.82, 2.24) is 10.6 Å². The second kappa shape index (κ2) is 10.7. The van der Waals surface area contributed by atoms with Gasteiger partial charge >= 0.3 is 0 Å². The molecule has 2 aromatic carbocycles. The van der Waals surface area contributed by atoms with Crippen molar-refractivity contribution in [3.05, 3.63) is 65.5 Å². The summed E-state index contributed by atoms with van der Waals surface area (Å²) in [6.45, 7) is 3.75. The lowest BCUT2D eigenvalue weighted by molar-refractivity contribution is 0.607. The molecule has 4 nitrogen and oxygen atoms in total. The van der Waals surface area contributed by atoms with Gasteiger partial charge in [-0.1, -0.05) is 24.3 Å². The van der Waals surface area contributed by atoms with Crippen molar-refractivity contribution in [3.8, 4) is 0 Å². The van der Waals surface area contributed by atoms with Gasteiger partial charge in [0.1, 0.15) is 5.82 Å². The van der Waals surface area contributed by atoms with Crippen molar-refractivity contribution in [2.24, 2.45) is 4.99 Å². The van der Waals surface area contributed by atoms with Crippen LogP contribution in [-0.4, -0.2) is 44.1 Å². The van der Waals surface area contributed by atoms with Crippen molar-refractivity contribution in [3.63, 3.8) is 0 Å². The summed E-state index contributed by atoms with van der Waals surface area (Å²) in [5, 5.41) is 6.83. The third kappa shape index (κ3) is 5.81. The summed E-state index contributed by atoms with van der Waals surface area (Å²) in [7, 11) is 1.79. The topological polar surface area (TPSA) is 39.7 Å². The molecule has 2 aromatic rings. The number of aliphatic imine (C=N–C) groups is 1. The highest BCUT2D eigenvalue weighted by molar-refractivity contribution is 14.0. The Morgan fingerprint density at radius 3 is 2.47 bits per heavy atom. The molecule has 1 aliphatic heterocycles. The fourth-order valence-corrected chi connectivity index (χ4v) is 4.75. The van der Waals surface area contributed by atoms with Crippen LogP contribution >= 0.6 is 35.7 Å². The predicted molar refractivity (Wildman–Crippen MR) is 137 cm³/mol. The Kier molecular flexibility index (Phi) is 8.27. The molecule has 1 saturated carbocycles. The van der Waals surface area contributed by atoms with Crippen molar-refractivity contribution >= 4 is 47.4 Å². The molecule has 0 aromatic heterocycles. The lowest BCUT2D eigenvalue weighted by Crippen LogP contribution is -2.40. The molecule has 0 radical (unpaired) electrons. The molecule has 1 aliphatic carbocycles. The fraction of sp³-hybridized carbons (Fsp3) is 0.435. The van der Waals surface area contributed by atoms with Crippen LogP contribution < -0.4 is 15.5 Å². The molecule has 162 valence electrons. The Balaban J connectivity index is 0.00000256. The van der Waals surface area contributed by atoms with Crippen molar-refractivity contribution in [1.29, 1.82) is 0 Å². The summed E-state index contributed by atoms with van der Waals surface area (Å²) >= 11 is 2.03. The monoisotopic (exact) mass is 540 g/mol. The molecule has 30 heavy (non-hydrogen) atoms. The van der Waals surface area contributed by atoms with Crippen LogP contribution in [0.3, 0.4) is 0 Å². The molecule has 2 fully saturated rings. The average Bonchev–Trinajstić information content (AvgIpc) is 3.56. The maximum Gasteiger partial charge on any atom is 0.191 e. The first-order chi connectivity index (χ1) is 14.2. The van der Waals surface area contributed by atoms with E-state index in [-0.39, 0.29) is 35.2 Å². The zero-order valence-electron chi connectivity index (χ0n) is 17.4. The van der Waals surface area contributed by atoms with Crippen LogP contribution in [-0.2, 0) is 12.0 Å². The van der Waals surface area contributed by atoms with Gasteiger partial charge in [-0.3, -0.25) is 4.99 Å². The number of benzene rings is 2. The summed E-state index contributed by atoms with van der Waals surface area (Å²) in [4.78, 5) is 6.80. The Labute approximate surface area is 200 Å². The molecule has 0 spiro atoms. The molecule has 1 heterocycles. The lowest BCUT2D eigenvalue weighted by atomic mass is 9.96. The minimum atomic E-state index is -0.164. The van der Waals surface area contributed by atoms with Crippen molar-refractivity contribution in [2.75, 3.05) is 43.1 Å². The third-order valence-corrected chi connectivity index (χ3v) is 6.82. The second-order valence-corrected chi connectivity index (χ2v) is 9.06. The number of hydrogen-bond acceptors (Lipinski definition) is 3. The number of nitrogens with one attached hydrogen (secondary N) is 2. The largest absolute Gasteiger partial charge is 0.370 e. The molecule has 7 heteroatoms. The van der Waals surface area contributed by atoms with E-state index in [1.54, 1.807) is 19.2 Å². The summed E-state index contributed by atoms with van der Waals surface area (Å²) in [5.74, 6) is 3.04. The summed E-state index contributed by atoms with van der Waals surface area (Å²) in [6, 6.07) is 15.8. The van der Waals surface area contributed by atoms with Gasteiger partial charge in [-0.05, 0) is 48.2 Å². The zero-order chi connectivity index (χ0) is 20.1. The fourth-order valence-electron chi connectivity index (χ4n) is 3.84. The van der Waals surface area contributed by atoms with E-state index < -0.39 is 0 Å². The van der Waals surface area contributed by atoms with Crippen LogP contribution in [0.5, 0.6) is 0 Å². The number of thioether (sulfide) groups is 1. The lowest BCUT2D eigenvalue weighted by Gasteiger charge is -2.28. The predicted octanol–water partition coefficient (Wildman–Crippen LogP) is 4.39. The highest BCUT2D eigenvalue weighted by Gasteiger charge is 2.44. The van der Waals surface area contributed by atoms with Gasteiger partial charge < -0.3 is 15.5 Å². The van der Waals surface area contributed by atoms with Crippen LogP contribution in [0.4, 0.5) is 10.1 Å². The van der Waals surface area contributed by atoms with Gasteiger partial charge in [0.15, 0.2) is 5.96 Å².